The molecule has 2 N–H and O–H groups in total. The molecule has 0 aliphatic carbocycles. The topological polar surface area (TPSA) is 58.2 Å². The molecule has 0 aliphatic rings. The fourth-order valence-corrected chi connectivity index (χ4v) is 2.25. The van der Waals surface area contributed by atoms with Gasteiger partial charge in [-0.05, 0) is 46.5 Å². The number of carbonyl (C=O) groups is 2. The van der Waals surface area contributed by atoms with E-state index in [0.717, 1.165) is 0 Å². The van der Waals surface area contributed by atoms with Crippen molar-refractivity contribution in [1.82, 2.24) is 10.6 Å². The maximum atomic E-state index is 12.2. The standard InChI is InChI=1S/C14H18BrClN2O2/c1-8(2)6-12(14(20)17-3)18-13(19)9-4-5-11(16)10(15)7-9/h4-5,7-8,12H,6H2,1-3H3,(H,17,20)(H,18,19). The lowest BCUT2D eigenvalue weighted by Crippen LogP contribution is -2.46. The van der Waals surface area contributed by atoms with E-state index in [0.29, 0.717) is 27.4 Å². The van der Waals surface area contributed by atoms with Crippen molar-refractivity contribution in [1.29, 1.82) is 0 Å². The second kappa shape index (κ2) is 7.64. The van der Waals surface area contributed by atoms with Gasteiger partial charge in [0.15, 0.2) is 0 Å². The maximum absolute atomic E-state index is 12.2. The van der Waals surface area contributed by atoms with Gasteiger partial charge in [0, 0.05) is 17.1 Å². The van der Waals surface area contributed by atoms with Crippen LogP contribution in [-0.2, 0) is 4.79 Å². The first-order valence-electron chi connectivity index (χ1n) is 6.32. The zero-order valence-electron chi connectivity index (χ0n) is 11.7. The Hall–Kier alpha value is -1.07. The molecule has 0 radical (unpaired) electrons. The van der Waals surface area contributed by atoms with E-state index in [1.54, 1.807) is 25.2 Å². The molecule has 4 nitrogen and oxygen atoms in total. The second-order valence-corrected chi connectivity index (χ2v) is 6.16. The summed E-state index contributed by atoms with van der Waals surface area (Å²) in [4.78, 5) is 23.9. The Balaban J connectivity index is 2.84. The lowest BCUT2D eigenvalue weighted by atomic mass is 10.0. The Kier molecular flexibility index (Phi) is 6.49. The second-order valence-electron chi connectivity index (χ2n) is 4.90. The summed E-state index contributed by atoms with van der Waals surface area (Å²) >= 11 is 9.16. The summed E-state index contributed by atoms with van der Waals surface area (Å²) in [6.45, 7) is 4.00. The van der Waals surface area contributed by atoms with Gasteiger partial charge in [-0.1, -0.05) is 25.4 Å². The van der Waals surface area contributed by atoms with E-state index in [2.05, 4.69) is 26.6 Å². The van der Waals surface area contributed by atoms with Gasteiger partial charge in [0.25, 0.3) is 5.91 Å². The summed E-state index contributed by atoms with van der Waals surface area (Å²) < 4.78 is 0.646. The zero-order valence-corrected chi connectivity index (χ0v) is 14.0. The molecule has 0 saturated heterocycles. The molecule has 20 heavy (non-hydrogen) atoms. The molecule has 0 saturated carbocycles. The largest absolute Gasteiger partial charge is 0.357 e. The lowest BCUT2D eigenvalue weighted by molar-refractivity contribution is -0.122. The van der Waals surface area contributed by atoms with Crippen LogP contribution in [0.4, 0.5) is 0 Å². The Morgan fingerprint density at radius 1 is 1.35 bits per heavy atom. The van der Waals surface area contributed by atoms with Gasteiger partial charge in [-0.25, -0.2) is 0 Å². The van der Waals surface area contributed by atoms with Crippen molar-refractivity contribution in [3.63, 3.8) is 0 Å². The lowest BCUT2D eigenvalue weighted by Gasteiger charge is -2.19. The molecule has 1 aromatic carbocycles. The third-order valence-corrected chi connectivity index (χ3v) is 3.97. The molecule has 0 fully saturated rings. The van der Waals surface area contributed by atoms with Crippen LogP contribution in [0.3, 0.4) is 0 Å². The van der Waals surface area contributed by atoms with Crippen LogP contribution >= 0.6 is 27.5 Å². The van der Waals surface area contributed by atoms with Crippen LogP contribution in [0.25, 0.3) is 0 Å². The molecular formula is C14H18BrClN2O2. The average molecular weight is 362 g/mol. The average Bonchev–Trinajstić information content (AvgIpc) is 2.39. The van der Waals surface area contributed by atoms with Crippen molar-refractivity contribution in [3.05, 3.63) is 33.3 Å². The Bertz CT molecular complexity index is 506. The van der Waals surface area contributed by atoms with E-state index < -0.39 is 6.04 Å². The molecule has 1 atom stereocenters. The van der Waals surface area contributed by atoms with E-state index in [1.165, 1.54) is 0 Å². The highest BCUT2D eigenvalue weighted by Gasteiger charge is 2.21. The van der Waals surface area contributed by atoms with Crippen LogP contribution in [0.5, 0.6) is 0 Å². The number of nitrogens with one attached hydrogen (secondary N) is 2. The predicted octanol–water partition coefficient (Wildman–Crippen LogP) is 2.99. The van der Waals surface area contributed by atoms with Crippen molar-refractivity contribution in [2.75, 3.05) is 7.05 Å². The molecule has 1 aromatic rings. The van der Waals surface area contributed by atoms with Gasteiger partial charge >= 0.3 is 0 Å². The third kappa shape index (κ3) is 4.80. The van der Waals surface area contributed by atoms with Crippen LogP contribution in [0.15, 0.2) is 22.7 Å². The van der Waals surface area contributed by atoms with Gasteiger partial charge in [-0.2, -0.15) is 0 Å². The molecule has 0 aliphatic heterocycles. The molecule has 1 rings (SSSR count). The summed E-state index contributed by atoms with van der Waals surface area (Å²) in [5.74, 6) is -0.189. The van der Waals surface area contributed by atoms with Crippen LogP contribution in [0, 0.1) is 5.92 Å². The van der Waals surface area contributed by atoms with Gasteiger partial charge in [0.05, 0.1) is 5.02 Å². The quantitative estimate of drug-likeness (QED) is 0.847. The summed E-state index contributed by atoms with van der Waals surface area (Å²) in [6, 6.07) is 4.35. The molecule has 6 heteroatoms. The number of rotatable bonds is 5. The first-order valence-corrected chi connectivity index (χ1v) is 7.49. The van der Waals surface area contributed by atoms with Gasteiger partial charge < -0.3 is 10.6 Å². The van der Waals surface area contributed by atoms with Crippen molar-refractivity contribution in [3.8, 4) is 0 Å². The first kappa shape index (κ1) is 17.0. The molecule has 0 heterocycles. The smallest absolute Gasteiger partial charge is 0.251 e. The number of halogens is 2. The van der Waals surface area contributed by atoms with Gasteiger partial charge in [0.1, 0.15) is 6.04 Å². The minimum atomic E-state index is -0.540. The van der Waals surface area contributed by atoms with Crippen LogP contribution in [0.1, 0.15) is 30.6 Å². The van der Waals surface area contributed by atoms with Gasteiger partial charge in [-0.15, -0.1) is 0 Å². The van der Waals surface area contributed by atoms with Crippen LogP contribution < -0.4 is 10.6 Å². The number of hydrogen-bond donors (Lipinski definition) is 2. The van der Waals surface area contributed by atoms with Crippen molar-refractivity contribution in [2.24, 2.45) is 5.92 Å². The Morgan fingerprint density at radius 2 is 2.00 bits per heavy atom. The first-order chi connectivity index (χ1) is 9.35. The van der Waals surface area contributed by atoms with Crippen LogP contribution in [-0.4, -0.2) is 24.9 Å². The zero-order chi connectivity index (χ0) is 15.3. The molecule has 2 amide bonds. The maximum Gasteiger partial charge on any atom is 0.251 e. The number of amides is 2. The van der Waals surface area contributed by atoms with Gasteiger partial charge in [0.2, 0.25) is 5.91 Å². The number of benzene rings is 1. The van der Waals surface area contributed by atoms with E-state index in [-0.39, 0.29) is 11.8 Å². The van der Waals surface area contributed by atoms with E-state index in [9.17, 15) is 9.59 Å². The monoisotopic (exact) mass is 360 g/mol. The highest BCUT2D eigenvalue weighted by Crippen LogP contribution is 2.23. The SMILES string of the molecule is CNC(=O)C(CC(C)C)NC(=O)c1ccc(Cl)c(Br)c1. The van der Waals surface area contributed by atoms with E-state index >= 15 is 0 Å². The minimum absolute atomic E-state index is 0.194. The van der Waals surface area contributed by atoms with Crippen molar-refractivity contribution >= 4 is 39.3 Å². The number of hydrogen-bond acceptors (Lipinski definition) is 2. The van der Waals surface area contributed by atoms with E-state index in [4.69, 9.17) is 11.6 Å². The summed E-state index contributed by atoms with van der Waals surface area (Å²) in [5, 5.41) is 5.84. The van der Waals surface area contributed by atoms with Crippen molar-refractivity contribution < 1.29 is 9.59 Å². The number of likely N-dealkylation sites (N-methyl/N-ethyl adjacent to an activating group) is 1. The molecule has 0 spiro atoms. The van der Waals surface area contributed by atoms with E-state index in [1.807, 2.05) is 13.8 Å². The summed E-state index contributed by atoms with van der Waals surface area (Å²) in [6.07, 6.45) is 0.584. The highest BCUT2D eigenvalue weighted by atomic mass is 79.9. The molecular weight excluding hydrogens is 344 g/mol. The molecule has 1 unspecified atom stereocenters. The third-order valence-electron chi connectivity index (χ3n) is 2.76. The molecule has 0 bridgehead atoms. The Labute approximate surface area is 132 Å². The predicted molar refractivity (Wildman–Crippen MR) is 83.9 cm³/mol. The fraction of sp³-hybridized carbons (Fsp3) is 0.429. The summed E-state index contributed by atoms with van der Waals surface area (Å²) in [7, 11) is 1.56. The van der Waals surface area contributed by atoms with Crippen molar-refractivity contribution in [2.45, 2.75) is 26.3 Å². The Morgan fingerprint density at radius 3 is 2.50 bits per heavy atom. The van der Waals surface area contributed by atoms with Gasteiger partial charge in [-0.3, -0.25) is 9.59 Å². The minimum Gasteiger partial charge on any atom is -0.357 e. The molecule has 0 aromatic heterocycles. The normalized spacial score (nSPS) is 12.1. The highest BCUT2D eigenvalue weighted by molar-refractivity contribution is 9.10. The summed E-state index contributed by atoms with van der Waals surface area (Å²) in [5.41, 5.74) is 0.457. The van der Waals surface area contributed by atoms with Crippen LogP contribution in [0.2, 0.25) is 5.02 Å². The molecule has 110 valence electrons. The fourth-order valence-electron chi connectivity index (χ4n) is 1.76. The number of carbonyl (C=O) groups excluding carboxylic acids is 2.